The van der Waals surface area contributed by atoms with E-state index in [-0.39, 0.29) is 3.43 Å². The average molecular weight is 209 g/mol. The molecular weight excluding hydrogens is 199 g/mol. The maximum absolute atomic E-state index is 10.3. The van der Waals surface area contributed by atoms with Gasteiger partial charge < -0.3 is 0 Å². The van der Waals surface area contributed by atoms with Crippen LogP contribution in [0.3, 0.4) is 0 Å². The van der Waals surface area contributed by atoms with Gasteiger partial charge in [-0.25, -0.2) is 0 Å². The molecule has 0 saturated heterocycles. The van der Waals surface area contributed by atoms with E-state index in [9.17, 15) is 3.08 Å². The SMILES string of the molecule is C[C](C)(C)[Sn](=[O])[OH]. The van der Waals surface area contributed by atoms with Crippen molar-refractivity contribution in [1.82, 2.24) is 0 Å². The van der Waals surface area contributed by atoms with Crippen molar-refractivity contribution in [2.45, 2.75) is 24.2 Å². The van der Waals surface area contributed by atoms with E-state index in [2.05, 4.69) is 0 Å². The molecule has 0 rings (SSSR count). The first kappa shape index (κ1) is 7.56. The van der Waals surface area contributed by atoms with Crippen molar-refractivity contribution in [1.29, 1.82) is 0 Å². The van der Waals surface area contributed by atoms with Crippen LogP contribution in [-0.4, -0.2) is 23.6 Å². The van der Waals surface area contributed by atoms with Gasteiger partial charge in [-0.3, -0.25) is 0 Å². The van der Waals surface area contributed by atoms with Gasteiger partial charge in [0.2, 0.25) is 0 Å². The second-order valence-corrected chi connectivity index (χ2v) is 8.58. The van der Waals surface area contributed by atoms with Gasteiger partial charge in [0.15, 0.2) is 0 Å². The standard InChI is InChI=1S/C4H9.H2O.O.Sn/c1-4(2)3;;;/h1-3H3;1H2;;/q;;;+1/p-1. The van der Waals surface area contributed by atoms with E-state index >= 15 is 0 Å². The molecule has 0 unspecified atom stereocenters. The van der Waals surface area contributed by atoms with Crippen molar-refractivity contribution in [3.8, 4) is 0 Å². The first-order valence-electron chi connectivity index (χ1n) is 2.18. The van der Waals surface area contributed by atoms with Crippen LogP contribution in [0, 0.1) is 0 Å². The number of hydrogen-bond acceptors (Lipinski definition) is 1. The molecule has 0 amide bonds. The topological polar surface area (TPSA) is 37.3 Å². The van der Waals surface area contributed by atoms with Gasteiger partial charge in [0.05, 0.1) is 0 Å². The predicted molar refractivity (Wildman–Crippen MR) is 28.4 cm³/mol. The summed E-state index contributed by atoms with van der Waals surface area (Å²) in [5.74, 6) is 0. The van der Waals surface area contributed by atoms with Gasteiger partial charge in [-0.15, -0.1) is 0 Å². The quantitative estimate of drug-likeness (QED) is 0.596. The van der Waals surface area contributed by atoms with E-state index < -0.39 is 20.2 Å². The van der Waals surface area contributed by atoms with Crippen LogP contribution in [0.25, 0.3) is 0 Å². The molecule has 0 fully saturated rings. The van der Waals surface area contributed by atoms with E-state index in [0.717, 1.165) is 0 Å². The third-order valence-electron chi connectivity index (χ3n) is 0.642. The van der Waals surface area contributed by atoms with Crippen molar-refractivity contribution in [2.24, 2.45) is 0 Å². The second kappa shape index (κ2) is 2.22. The summed E-state index contributed by atoms with van der Waals surface area (Å²) < 4.78 is 18.5. The summed E-state index contributed by atoms with van der Waals surface area (Å²) in [4.78, 5) is 0. The molecule has 0 atom stereocenters. The summed E-state index contributed by atoms with van der Waals surface area (Å²) in [5.41, 5.74) is 0. The van der Waals surface area contributed by atoms with Gasteiger partial charge in [0, 0.05) is 0 Å². The Morgan fingerprint density at radius 3 is 1.57 bits per heavy atom. The van der Waals surface area contributed by atoms with Crippen LogP contribution >= 0.6 is 0 Å². The minimum absolute atomic E-state index is 0.303. The zero-order valence-corrected chi connectivity index (χ0v) is 7.71. The molecule has 0 aromatic heterocycles. The molecule has 0 saturated carbocycles. The normalized spacial score (nSPS) is 11.4. The monoisotopic (exact) mass is 210 g/mol. The van der Waals surface area contributed by atoms with Gasteiger partial charge in [-0.2, -0.15) is 0 Å². The number of rotatable bonds is 0. The van der Waals surface area contributed by atoms with E-state index in [0.29, 0.717) is 0 Å². The van der Waals surface area contributed by atoms with E-state index in [1.165, 1.54) is 0 Å². The number of hydrogen-bond donors (Lipinski definition) is 1. The zero-order chi connectivity index (χ0) is 6.08. The fourth-order valence-electron chi connectivity index (χ4n) is 0. The Hall–Kier alpha value is 0.559. The Bertz CT molecular complexity index is 82.2. The van der Waals surface area contributed by atoms with Gasteiger partial charge in [-0.05, 0) is 0 Å². The summed E-state index contributed by atoms with van der Waals surface area (Å²) >= 11 is -3.09. The molecule has 0 heterocycles. The van der Waals surface area contributed by atoms with Gasteiger partial charge in [-0.1, -0.05) is 0 Å². The van der Waals surface area contributed by atoms with Crippen LogP contribution in [-0.2, 0) is 3.08 Å². The molecule has 3 heteroatoms. The molecule has 42 valence electrons. The Balaban J connectivity index is 3.79. The second-order valence-electron chi connectivity index (χ2n) is 2.56. The van der Waals surface area contributed by atoms with Crippen molar-refractivity contribution in [2.75, 3.05) is 0 Å². The third kappa shape index (κ3) is 3.17. The summed E-state index contributed by atoms with van der Waals surface area (Å²) in [5, 5.41) is 0. The van der Waals surface area contributed by atoms with Crippen molar-refractivity contribution in [3.05, 3.63) is 0 Å². The molecule has 0 bridgehead atoms. The van der Waals surface area contributed by atoms with Crippen LogP contribution < -0.4 is 0 Å². The summed E-state index contributed by atoms with van der Waals surface area (Å²) in [6.45, 7) is 5.36. The Morgan fingerprint density at radius 1 is 1.43 bits per heavy atom. The molecule has 0 aliphatic carbocycles. The van der Waals surface area contributed by atoms with Crippen molar-refractivity contribution < 1.29 is 6.52 Å². The summed E-state index contributed by atoms with van der Waals surface area (Å²) in [6.07, 6.45) is 0. The van der Waals surface area contributed by atoms with Crippen LogP contribution in [0.5, 0.6) is 0 Å². The molecule has 0 radical (unpaired) electrons. The maximum atomic E-state index is 10.3. The molecule has 0 aromatic carbocycles. The average Bonchev–Trinajstić information content (AvgIpc) is 1.31. The molecule has 0 aliphatic heterocycles. The van der Waals surface area contributed by atoms with Crippen molar-refractivity contribution in [3.63, 3.8) is 0 Å². The molecule has 2 nitrogen and oxygen atoms in total. The van der Waals surface area contributed by atoms with E-state index in [1.54, 1.807) is 20.8 Å². The molecular formula is C4H10O2Sn. The predicted octanol–water partition coefficient (Wildman–Crippen LogP) is 0.698. The van der Waals surface area contributed by atoms with Crippen molar-refractivity contribution >= 4 is 20.2 Å². The van der Waals surface area contributed by atoms with Crippen LogP contribution in [0.4, 0.5) is 0 Å². The molecule has 0 spiro atoms. The van der Waals surface area contributed by atoms with Gasteiger partial charge in [0.1, 0.15) is 0 Å². The third-order valence-corrected chi connectivity index (χ3v) is 4.30. The Labute approximate surface area is 51.2 Å². The molecule has 7 heavy (non-hydrogen) atoms. The summed E-state index contributed by atoms with van der Waals surface area (Å²) in [6, 6.07) is 0. The van der Waals surface area contributed by atoms with E-state index in [1.807, 2.05) is 0 Å². The van der Waals surface area contributed by atoms with E-state index in [4.69, 9.17) is 3.44 Å². The Morgan fingerprint density at radius 2 is 1.57 bits per heavy atom. The minimum atomic E-state index is -3.09. The van der Waals surface area contributed by atoms with Crippen LogP contribution in [0.1, 0.15) is 20.8 Å². The zero-order valence-electron chi connectivity index (χ0n) is 4.86. The first-order chi connectivity index (χ1) is 2.94. The van der Waals surface area contributed by atoms with Gasteiger partial charge >= 0.3 is 50.9 Å². The Kier molecular flexibility index (Phi) is 2.40. The summed E-state index contributed by atoms with van der Waals surface area (Å²) in [7, 11) is 0. The fourth-order valence-corrected chi connectivity index (χ4v) is 0. The van der Waals surface area contributed by atoms with Crippen LogP contribution in [0.15, 0.2) is 0 Å². The fraction of sp³-hybridized carbons (Fsp3) is 1.00. The molecule has 0 aromatic rings. The molecule has 1 N–H and O–H groups in total. The van der Waals surface area contributed by atoms with Gasteiger partial charge in [0.25, 0.3) is 0 Å². The molecule has 0 aliphatic rings. The first-order valence-corrected chi connectivity index (χ1v) is 6.05. The van der Waals surface area contributed by atoms with Crippen LogP contribution in [0.2, 0.25) is 3.43 Å².